The van der Waals surface area contributed by atoms with Gasteiger partial charge in [-0.15, -0.1) is 0 Å². The van der Waals surface area contributed by atoms with E-state index in [1.54, 1.807) is 18.2 Å². The molecule has 0 bridgehead atoms. The smallest absolute Gasteiger partial charge is 0.252 e. The van der Waals surface area contributed by atoms with Crippen LogP contribution in [0.15, 0.2) is 85.3 Å². The van der Waals surface area contributed by atoms with Gasteiger partial charge < -0.3 is 55.1 Å². The number of imidazole rings is 1. The third-order valence-electron chi connectivity index (χ3n) is 10.2. The van der Waals surface area contributed by atoms with E-state index in [-0.39, 0.29) is 23.6 Å². The molecule has 14 heteroatoms. The number of aromatic nitrogens is 4. The number of nitrogens with two attached hydrogens (primary N) is 1. The molecule has 3 aromatic carbocycles. The minimum Gasteiger partial charge on any atom is -0.508 e. The first-order valence-electron chi connectivity index (χ1n) is 19.7. The Bertz CT molecular complexity index is 2260. The number of carbonyl (C=O) groups excluding carboxylic acids is 2. The lowest BCUT2D eigenvalue weighted by Gasteiger charge is -2.15. The molecule has 3 aromatic heterocycles. The summed E-state index contributed by atoms with van der Waals surface area (Å²) < 4.78 is 20.6. The van der Waals surface area contributed by atoms with Crippen molar-refractivity contribution in [3.8, 4) is 5.75 Å². The molecule has 1 aliphatic rings. The van der Waals surface area contributed by atoms with Gasteiger partial charge in [-0.3, -0.25) is 9.59 Å². The number of aromatic amines is 1. The SMILES string of the molecule is NCCOCCOCCOCCNC(=O)CCCCn1ccnc1Cn1ccc2ccc(CNCc3[nH]c4ccccc4c3C3NC(=O)c4ccc(O)cc43)cc21. The van der Waals surface area contributed by atoms with E-state index in [0.29, 0.717) is 84.3 Å². The van der Waals surface area contributed by atoms with Gasteiger partial charge in [-0.2, -0.15) is 0 Å². The summed E-state index contributed by atoms with van der Waals surface area (Å²) in [6.07, 6.45) is 8.04. The van der Waals surface area contributed by atoms with Crippen LogP contribution in [-0.2, 0) is 45.2 Å². The molecule has 14 nitrogen and oxygen atoms in total. The van der Waals surface area contributed by atoms with E-state index >= 15 is 0 Å². The number of phenols is 1. The van der Waals surface area contributed by atoms with Crippen molar-refractivity contribution in [1.29, 1.82) is 0 Å². The largest absolute Gasteiger partial charge is 0.508 e. The fourth-order valence-corrected chi connectivity index (χ4v) is 7.40. The van der Waals surface area contributed by atoms with Crippen molar-refractivity contribution in [2.24, 2.45) is 5.73 Å². The fraction of sp³-hybridized carbons (Fsp3) is 0.372. The summed E-state index contributed by atoms with van der Waals surface area (Å²) in [4.78, 5) is 33.5. The highest BCUT2D eigenvalue weighted by atomic mass is 16.5. The second-order valence-electron chi connectivity index (χ2n) is 14.2. The number of benzene rings is 3. The number of para-hydroxylation sites is 1. The molecule has 0 fully saturated rings. The number of nitrogens with one attached hydrogen (secondary N) is 4. The number of hydrogen-bond acceptors (Lipinski definition) is 9. The maximum absolute atomic E-state index is 12.9. The van der Waals surface area contributed by atoms with Gasteiger partial charge in [0.05, 0.1) is 52.2 Å². The Morgan fingerprint density at radius 2 is 1.72 bits per heavy atom. The van der Waals surface area contributed by atoms with E-state index in [1.807, 2.05) is 30.6 Å². The van der Waals surface area contributed by atoms with Gasteiger partial charge in [0, 0.05) is 91.0 Å². The van der Waals surface area contributed by atoms with Crippen molar-refractivity contribution in [2.75, 3.05) is 52.7 Å². The zero-order valence-electron chi connectivity index (χ0n) is 32.2. The van der Waals surface area contributed by atoms with Crippen LogP contribution in [0, 0.1) is 0 Å². The molecule has 0 aliphatic carbocycles. The van der Waals surface area contributed by atoms with Crippen LogP contribution in [0.5, 0.6) is 5.75 Å². The molecule has 57 heavy (non-hydrogen) atoms. The van der Waals surface area contributed by atoms with Gasteiger partial charge in [0.15, 0.2) is 0 Å². The van der Waals surface area contributed by atoms with Gasteiger partial charge in [-0.05, 0) is 65.8 Å². The van der Waals surface area contributed by atoms with E-state index in [4.69, 9.17) is 19.9 Å². The zero-order chi connectivity index (χ0) is 39.4. The van der Waals surface area contributed by atoms with E-state index in [2.05, 4.69) is 71.6 Å². The van der Waals surface area contributed by atoms with Crippen LogP contribution < -0.4 is 21.7 Å². The number of unbranched alkanes of at least 4 members (excludes halogenated alkanes) is 1. The van der Waals surface area contributed by atoms with Gasteiger partial charge in [-0.25, -0.2) is 4.98 Å². The van der Waals surface area contributed by atoms with Crippen molar-refractivity contribution < 1.29 is 28.9 Å². The number of rotatable bonds is 23. The third kappa shape index (κ3) is 10.1. The molecule has 300 valence electrons. The lowest BCUT2D eigenvalue weighted by atomic mass is 9.95. The highest BCUT2D eigenvalue weighted by molar-refractivity contribution is 6.01. The van der Waals surface area contributed by atoms with Crippen LogP contribution >= 0.6 is 0 Å². The Morgan fingerprint density at radius 1 is 0.895 bits per heavy atom. The fourth-order valence-electron chi connectivity index (χ4n) is 7.40. The Hall–Kier alpha value is -5.51. The van der Waals surface area contributed by atoms with Crippen molar-refractivity contribution in [1.82, 2.24) is 35.1 Å². The van der Waals surface area contributed by atoms with Gasteiger partial charge in [0.25, 0.3) is 5.91 Å². The average Bonchev–Trinajstić information content (AvgIpc) is 4.00. The van der Waals surface area contributed by atoms with E-state index in [9.17, 15) is 14.7 Å². The summed E-state index contributed by atoms with van der Waals surface area (Å²) in [7, 11) is 0. The molecule has 0 saturated carbocycles. The second-order valence-corrected chi connectivity index (χ2v) is 14.2. The van der Waals surface area contributed by atoms with Crippen molar-refractivity contribution >= 4 is 33.6 Å². The molecule has 1 atom stereocenters. The summed E-state index contributed by atoms with van der Waals surface area (Å²) in [5, 5.41) is 22.1. The van der Waals surface area contributed by atoms with Gasteiger partial charge >= 0.3 is 0 Å². The van der Waals surface area contributed by atoms with Crippen LogP contribution in [0.1, 0.15) is 63.9 Å². The van der Waals surface area contributed by atoms with Crippen LogP contribution in [-0.4, -0.2) is 88.8 Å². The summed E-state index contributed by atoms with van der Waals surface area (Å²) >= 11 is 0. The number of carbonyl (C=O) groups is 2. The minimum atomic E-state index is -0.370. The predicted molar refractivity (Wildman–Crippen MR) is 218 cm³/mol. The van der Waals surface area contributed by atoms with Gasteiger partial charge in [0.1, 0.15) is 11.6 Å². The van der Waals surface area contributed by atoms with Gasteiger partial charge in [0.2, 0.25) is 5.91 Å². The average molecular weight is 777 g/mol. The highest BCUT2D eigenvalue weighted by Crippen LogP contribution is 2.38. The quantitative estimate of drug-likeness (QED) is 0.0511. The molecule has 1 aliphatic heterocycles. The molecule has 1 unspecified atom stereocenters. The molecule has 6 aromatic rings. The normalized spacial score (nSPS) is 13.8. The van der Waals surface area contributed by atoms with E-state index in [0.717, 1.165) is 69.4 Å². The maximum atomic E-state index is 12.9. The molecular weight excluding hydrogens is 725 g/mol. The summed E-state index contributed by atoms with van der Waals surface area (Å²) in [5.41, 5.74) is 12.0. The first-order valence-corrected chi connectivity index (χ1v) is 19.7. The number of phenolic OH excluding ortho intramolecular Hbond substituents is 1. The molecule has 4 heterocycles. The third-order valence-corrected chi connectivity index (χ3v) is 10.2. The minimum absolute atomic E-state index is 0.0258. The molecule has 0 spiro atoms. The molecule has 7 N–H and O–H groups in total. The summed E-state index contributed by atoms with van der Waals surface area (Å²) in [5.74, 6) is 0.980. The van der Waals surface area contributed by atoms with Crippen molar-refractivity contribution in [3.63, 3.8) is 0 Å². The van der Waals surface area contributed by atoms with Crippen molar-refractivity contribution in [3.05, 3.63) is 119 Å². The zero-order valence-corrected chi connectivity index (χ0v) is 32.2. The number of amides is 2. The predicted octanol–water partition coefficient (Wildman–Crippen LogP) is 4.49. The first-order chi connectivity index (χ1) is 28.0. The Kier molecular flexibility index (Phi) is 13.6. The van der Waals surface area contributed by atoms with Crippen LogP contribution in [0.2, 0.25) is 0 Å². The number of ether oxygens (including phenoxy) is 3. The van der Waals surface area contributed by atoms with Crippen LogP contribution in [0.25, 0.3) is 21.8 Å². The summed E-state index contributed by atoms with van der Waals surface area (Å²) in [6, 6.07) is 21.3. The Balaban J connectivity index is 0.880. The number of aryl methyl sites for hydroxylation is 1. The molecule has 2 amide bonds. The second kappa shape index (κ2) is 19.6. The lowest BCUT2D eigenvalue weighted by Crippen LogP contribution is -2.27. The van der Waals surface area contributed by atoms with Crippen LogP contribution in [0.4, 0.5) is 0 Å². The standard InChI is InChI=1S/C43H52N8O6/c44-13-19-55-21-23-57-24-22-56-20-15-47-40(53)7-3-4-16-50-18-14-46-39(50)29-51-17-12-31-9-8-30(25-38(31)51)27-45-28-37-41(34-5-1-2-6-36(34)48-37)42-35-26-32(52)10-11-33(35)43(54)49-42/h1-2,5-6,8-12,14,17-18,25-26,42,45,48,52H,3-4,7,13,15-16,19-24,27-29,44H2,(H,47,53)(H,49,54). The molecular formula is C43H52N8O6. The number of H-pyrrole nitrogens is 1. The topological polar surface area (TPSA) is 183 Å². The number of fused-ring (bicyclic) bond motifs is 3. The number of nitrogens with zero attached hydrogens (tertiary/aromatic N) is 3. The summed E-state index contributed by atoms with van der Waals surface area (Å²) in [6.45, 7) is 6.55. The first kappa shape index (κ1) is 39.7. The monoisotopic (exact) mass is 776 g/mol. The van der Waals surface area contributed by atoms with Crippen molar-refractivity contribution in [2.45, 2.75) is 51.5 Å². The number of hydrogen-bond donors (Lipinski definition) is 6. The molecule has 7 rings (SSSR count). The maximum Gasteiger partial charge on any atom is 0.252 e. The highest BCUT2D eigenvalue weighted by Gasteiger charge is 2.33. The van der Waals surface area contributed by atoms with Crippen LogP contribution in [0.3, 0.4) is 0 Å². The van der Waals surface area contributed by atoms with Gasteiger partial charge in [-0.1, -0.05) is 30.3 Å². The molecule has 0 saturated heterocycles. The van der Waals surface area contributed by atoms with E-state index < -0.39 is 0 Å². The number of aromatic hydroxyl groups is 1. The Labute approximate surface area is 331 Å². The molecule has 0 radical (unpaired) electrons. The Morgan fingerprint density at radius 3 is 2.58 bits per heavy atom. The lowest BCUT2D eigenvalue weighted by molar-refractivity contribution is -0.121. The van der Waals surface area contributed by atoms with E-state index in [1.165, 1.54) is 0 Å².